The number of oxazole rings is 1. The van der Waals surface area contributed by atoms with E-state index in [0.29, 0.717) is 32.1 Å². The summed E-state index contributed by atoms with van der Waals surface area (Å²) in [6.45, 7) is 1.49. The van der Waals surface area contributed by atoms with E-state index in [0.717, 1.165) is 33.7 Å². The average molecular weight is 522 g/mol. The highest BCUT2D eigenvalue weighted by atomic mass is 16.5. The number of nitrogens with zero attached hydrogens (tertiary/aromatic N) is 7. The third-order valence-corrected chi connectivity index (χ3v) is 5.86. The van der Waals surface area contributed by atoms with Crippen LogP contribution in [0.25, 0.3) is 0 Å². The van der Waals surface area contributed by atoms with Crippen LogP contribution in [-0.2, 0) is 26.1 Å². The van der Waals surface area contributed by atoms with Crippen LogP contribution in [0.15, 0.2) is 90.1 Å². The highest BCUT2D eigenvalue weighted by Crippen LogP contribution is 2.16. The molecule has 10 heteroatoms. The fraction of sp³-hybridized carbons (Fsp3) is 0.207. The molecule has 0 spiro atoms. The number of tetrazole rings is 1. The van der Waals surface area contributed by atoms with Gasteiger partial charge in [0.1, 0.15) is 24.9 Å². The molecule has 0 aliphatic rings. The minimum Gasteiger partial charge on any atom is -0.489 e. The highest BCUT2D eigenvalue weighted by Gasteiger charge is 2.09. The van der Waals surface area contributed by atoms with Crippen LogP contribution < -0.4 is 9.64 Å². The number of aromatic nitrogens is 6. The molecule has 3 aromatic heterocycles. The van der Waals surface area contributed by atoms with Gasteiger partial charge in [-0.15, -0.1) is 5.10 Å². The molecule has 2 aromatic carbocycles. The summed E-state index contributed by atoms with van der Waals surface area (Å²) in [6.07, 6.45) is 6.16. The third kappa shape index (κ3) is 7.50. The second kappa shape index (κ2) is 12.5. The number of ether oxygens (including phenoxy) is 1. The van der Waals surface area contributed by atoms with Gasteiger partial charge >= 0.3 is 0 Å². The molecule has 0 saturated carbocycles. The molecule has 0 aliphatic heterocycles. The van der Waals surface area contributed by atoms with Crippen LogP contribution in [0.1, 0.15) is 27.9 Å². The minimum absolute atomic E-state index is 0.311. The Morgan fingerprint density at radius 3 is 2.44 bits per heavy atom. The van der Waals surface area contributed by atoms with Gasteiger partial charge in [-0.2, -0.15) is 0 Å². The van der Waals surface area contributed by atoms with Gasteiger partial charge in [0.2, 0.25) is 0 Å². The summed E-state index contributed by atoms with van der Waals surface area (Å²) in [4.78, 5) is 10.5. The van der Waals surface area contributed by atoms with Gasteiger partial charge in [0, 0.05) is 43.0 Å². The van der Waals surface area contributed by atoms with Gasteiger partial charge in [0.25, 0.3) is 6.01 Å². The lowest BCUT2D eigenvalue weighted by Crippen LogP contribution is -2.19. The smallest absolute Gasteiger partial charge is 0.297 e. The monoisotopic (exact) mass is 521 g/mol. The number of pyridine rings is 1. The van der Waals surface area contributed by atoms with Crippen LogP contribution in [0.3, 0.4) is 0 Å². The second-order valence-corrected chi connectivity index (χ2v) is 8.98. The SMILES string of the molecule is CN(Cc1ccc(COc2ccc(C#Cc3ccc(CC(O)Cn4cnnn4)nc3)cc2)cc1)c1ncco1. The van der Waals surface area contributed by atoms with Crippen molar-refractivity contribution in [3.8, 4) is 17.6 Å². The summed E-state index contributed by atoms with van der Waals surface area (Å²) in [7, 11) is 1.94. The highest BCUT2D eigenvalue weighted by molar-refractivity contribution is 5.44. The Labute approximate surface area is 225 Å². The standard InChI is InChI=1S/C29H27N7O3/c1-35(29-30-14-15-38-29)18-24-4-6-25(7-5-24)20-39-28-12-9-22(10-13-28)2-3-23-8-11-26(31-17-23)16-27(37)19-36-21-32-33-34-36/h4-15,17,21,27,37H,16,18-20H2,1H3. The average Bonchev–Trinajstić information content (AvgIpc) is 3.68. The zero-order chi connectivity index (χ0) is 26.9. The van der Waals surface area contributed by atoms with E-state index < -0.39 is 6.10 Å². The normalized spacial score (nSPS) is 11.4. The van der Waals surface area contributed by atoms with Gasteiger partial charge in [0.05, 0.1) is 18.8 Å². The van der Waals surface area contributed by atoms with E-state index in [1.807, 2.05) is 48.3 Å². The minimum atomic E-state index is -0.629. The second-order valence-electron chi connectivity index (χ2n) is 8.98. The van der Waals surface area contributed by atoms with Crippen molar-refractivity contribution in [2.45, 2.75) is 32.2 Å². The number of aliphatic hydroxyl groups excluding tert-OH is 1. The molecule has 1 unspecified atom stereocenters. The van der Waals surface area contributed by atoms with E-state index in [1.165, 1.54) is 11.0 Å². The maximum atomic E-state index is 10.2. The number of hydrogen-bond donors (Lipinski definition) is 1. The van der Waals surface area contributed by atoms with Crippen LogP contribution in [-0.4, -0.2) is 48.4 Å². The van der Waals surface area contributed by atoms with Gasteiger partial charge in [-0.25, -0.2) is 9.67 Å². The van der Waals surface area contributed by atoms with Crippen molar-refractivity contribution < 1.29 is 14.3 Å². The summed E-state index contributed by atoms with van der Waals surface area (Å²) in [6, 6.07) is 20.3. The fourth-order valence-corrected chi connectivity index (χ4v) is 3.84. The van der Waals surface area contributed by atoms with Gasteiger partial charge in [0.15, 0.2) is 0 Å². The van der Waals surface area contributed by atoms with E-state index in [9.17, 15) is 5.11 Å². The summed E-state index contributed by atoms with van der Waals surface area (Å²) in [5.41, 5.74) is 4.69. The third-order valence-electron chi connectivity index (χ3n) is 5.86. The lowest BCUT2D eigenvalue weighted by molar-refractivity contribution is 0.147. The lowest BCUT2D eigenvalue weighted by atomic mass is 10.1. The Balaban J connectivity index is 1.08. The van der Waals surface area contributed by atoms with Crippen molar-refractivity contribution in [1.29, 1.82) is 0 Å². The maximum absolute atomic E-state index is 10.2. The summed E-state index contributed by atoms with van der Waals surface area (Å²) in [5.74, 6) is 7.05. The molecule has 39 heavy (non-hydrogen) atoms. The molecule has 5 aromatic rings. The van der Waals surface area contributed by atoms with Crippen LogP contribution >= 0.6 is 0 Å². The van der Waals surface area contributed by atoms with Crippen LogP contribution in [0.4, 0.5) is 6.01 Å². The quantitative estimate of drug-likeness (QED) is 0.277. The first-order valence-electron chi connectivity index (χ1n) is 12.4. The molecule has 0 aliphatic carbocycles. The first kappa shape index (κ1) is 25.6. The topological polar surface area (TPSA) is 115 Å². The molecule has 3 heterocycles. The number of aliphatic hydroxyl groups is 1. The van der Waals surface area contributed by atoms with Gasteiger partial charge in [-0.05, 0) is 58.0 Å². The van der Waals surface area contributed by atoms with Crippen LogP contribution in [0, 0.1) is 11.8 Å². The van der Waals surface area contributed by atoms with Gasteiger partial charge < -0.3 is 19.2 Å². The Hall–Kier alpha value is -5.01. The zero-order valence-corrected chi connectivity index (χ0v) is 21.4. The molecular formula is C29H27N7O3. The van der Waals surface area contributed by atoms with Gasteiger partial charge in [-0.3, -0.25) is 4.98 Å². The number of benzene rings is 2. The largest absolute Gasteiger partial charge is 0.489 e. The fourth-order valence-electron chi connectivity index (χ4n) is 3.84. The molecular weight excluding hydrogens is 494 g/mol. The van der Waals surface area contributed by atoms with Crippen molar-refractivity contribution in [1.82, 2.24) is 30.2 Å². The Morgan fingerprint density at radius 1 is 0.974 bits per heavy atom. The Morgan fingerprint density at radius 2 is 1.74 bits per heavy atom. The molecule has 1 N–H and O–H groups in total. The zero-order valence-electron chi connectivity index (χ0n) is 21.4. The lowest BCUT2D eigenvalue weighted by Gasteiger charge is -2.14. The van der Waals surface area contributed by atoms with E-state index in [2.05, 4.69) is 61.6 Å². The first-order valence-corrected chi connectivity index (χ1v) is 12.4. The predicted octanol–water partition coefficient (Wildman–Crippen LogP) is 3.27. The number of anilines is 1. The summed E-state index contributed by atoms with van der Waals surface area (Å²) >= 11 is 0. The molecule has 0 radical (unpaired) electrons. The van der Waals surface area contributed by atoms with E-state index in [-0.39, 0.29) is 0 Å². The van der Waals surface area contributed by atoms with Crippen molar-refractivity contribution in [2.24, 2.45) is 0 Å². The molecule has 0 saturated heterocycles. The molecule has 5 rings (SSSR count). The Kier molecular flexibility index (Phi) is 8.21. The Bertz CT molecular complexity index is 1490. The van der Waals surface area contributed by atoms with E-state index in [1.54, 1.807) is 18.7 Å². The number of hydrogen-bond acceptors (Lipinski definition) is 9. The summed E-state index contributed by atoms with van der Waals surface area (Å²) < 4.78 is 12.8. The van der Waals surface area contributed by atoms with Crippen molar-refractivity contribution in [2.75, 3.05) is 11.9 Å². The van der Waals surface area contributed by atoms with Crippen molar-refractivity contribution in [3.05, 3.63) is 114 Å². The molecule has 1 atom stereocenters. The van der Waals surface area contributed by atoms with Crippen LogP contribution in [0.2, 0.25) is 0 Å². The molecule has 0 bridgehead atoms. The molecule has 196 valence electrons. The van der Waals surface area contributed by atoms with Crippen LogP contribution in [0.5, 0.6) is 5.75 Å². The van der Waals surface area contributed by atoms with Crippen molar-refractivity contribution in [3.63, 3.8) is 0 Å². The molecule has 10 nitrogen and oxygen atoms in total. The molecule has 0 fully saturated rings. The van der Waals surface area contributed by atoms with E-state index in [4.69, 9.17) is 9.15 Å². The predicted molar refractivity (Wildman–Crippen MR) is 144 cm³/mol. The first-order chi connectivity index (χ1) is 19.1. The number of rotatable bonds is 10. The maximum Gasteiger partial charge on any atom is 0.297 e. The van der Waals surface area contributed by atoms with E-state index >= 15 is 0 Å². The van der Waals surface area contributed by atoms with Crippen molar-refractivity contribution >= 4 is 6.01 Å². The summed E-state index contributed by atoms with van der Waals surface area (Å²) in [5, 5.41) is 21.1. The van der Waals surface area contributed by atoms with Gasteiger partial charge in [-0.1, -0.05) is 36.1 Å². The molecule has 0 amide bonds.